The first kappa shape index (κ1) is 20.7. The molecule has 144 valence electrons. The predicted octanol–water partition coefficient (Wildman–Crippen LogP) is 1.52. The highest BCUT2D eigenvalue weighted by Gasteiger charge is 2.49. The summed E-state index contributed by atoms with van der Waals surface area (Å²) < 4.78 is 21.9. The fraction of sp³-hybridized carbons (Fsp3) is 0.556. The average Bonchev–Trinajstić information content (AvgIpc) is 2.60. The lowest BCUT2D eigenvalue weighted by atomic mass is 9.99. The van der Waals surface area contributed by atoms with Crippen LogP contribution < -0.4 is 0 Å². The fourth-order valence-corrected chi connectivity index (χ4v) is 3.46. The highest BCUT2D eigenvalue weighted by Crippen LogP contribution is 2.31. The molecule has 1 aromatic rings. The molecular formula is C18H24O7S. The number of benzene rings is 1. The number of carbonyl (C=O) groups is 2. The van der Waals surface area contributed by atoms with Crippen molar-refractivity contribution < 1.29 is 33.6 Å². The van der Waals surface area contributed by atoms with E-state index in [9.17, 15) is 14.7 Å². The van der Waals surface area contributed by atoms with Crippen molar-refractivity contribution in [3.63, 3.8) is 0 Å². The average molecular weight is 384 g/mol. The van der Waals surface area contributed by atoms with Crippen molar-refractivity contribution in [1.29, 1.82) is 0 Å². The van der Waals surface area contributed by atoms with Crippen LogP contribution in [0.25, 0.3) is 0 Å². The van der Waals surface area contributed by atoms with Gasteiger partial charge in [0, 0.05) is 13.8 Å². The second-order valence-corrected chi connectivity index (χ2v) is 6.85. The Balaban J connectivity index is 2.05. The van der Waals surface area contributed by atoms with Crippen molar-refractivity contribution in [3.8, 4) is 0 Å². The molecule has 0 aliphatic carbocycles. The van der Waals surface area contributed by atoms with Crippen LogP contribution in [0.5, 0.6) is 0 Å². The maximum Gasteiger partial charge on any atom is 0.303 e. The lowest BCUT2D eigenvalue weighted by molar-refractivity contribution is -0.231. The molecule has 0 amide bonds. The zero-order valence-corrected chi connectivity index (χ0v) is 15.8. The largest absolute Gasteiger partial charge is 0.456 e. The molecule has 5 atom stereocenters. The number of hydrogen-bond donors (Lipinski definition) is 1. The number of hydrogen-bond acceptors (Lipinski definition) is 8. The molecule has 1 aliphatic rings. The molecule has 2 rings (SSSR count). The molecule has 0 aromatic heterocycles. The van der Waals surface area contributed by atoms with E-state index in [1.165, 1.54) is 25.6 Å². The Kier molecular flexibility index (Phi) is 7.89. The molecule has 1 aromatic carbocycles. The van der Waals surface area contributed by atoms with Crippen molar-refractivity contribution in [2.75, 3.05) is 12.9 Å². The lowest BCUT2D eigenvalue weighted by Crippen LogP contribution is -2.60. The smallest absolute Gasteiger partial charge is 0.303 e. The Morgan fingerprint density at radius 1 is 1.12 bits per heavy atom. The van der Waals surface area contributed by atoms with Crippen LogP contribution in [0.2, 0.25) is 0 Å². The van der Waals surface area contributed by atoms with Crippen LogP contribution in [-0.4, -0.2) is 59.8 Å². The van der Waals surface area contributed by atoms with Crippen LogP contribution in [0.4, 0.5) is 0 Å². The zero-order valence-electron chi connectivity index (χ0n) is 15.0. The quantitative estimate of drug-likeness (QED) is 0.708. The number of aliphatic hydroxyl groups excluding tert-OH is 1. The summed E-state index contributed by atoms with van der Waals surface area (Å²) in [5.74, 6) is -1.11. The first-order valence-electron chi connectivity index (χ1n) is 8.24. The second kappa shape index (κ2) is 9.91. The van der Waals surface area contributed by atoms with Crippen molar-refractivity contribution in [2.24, 2.45) is 0 Å². The Morgan fingerprint density at radius 2 is 1.73 bits per heavy atom. The van der Waals surface area contributed by atoms with Crippen LogP contribution >= 0.6 is 11.8 Å². The Bertz CT molecular complexity index is 594. The van der Waals surface area contributed by atoms with Gasteiger partial charge in [-0.1, -0.05) is 30.3 Å². The lowest BCUT2D eigenvalue weighted by Gasteiger charge is -2.42. The Morgan fingerprint density at radius 3 is 2.31 bits per heavy atom. The standard InChI is InChI=1S/C18H24O7S/c1-11(19)23-16-15(21)14(10-22-9-13-7-5-4-6-8-13)25-18(26-3)17(16)24-12(2)20/h4-8,14-18,21H,9-10H2,1-3H3/t14-,15-,16+,17-,18-/m1/s1. The van der Waals surface area contributed by atoms with Gasteiger partial charge in [-0.25, -0.2) is 0 Å². The van der Waals surface area contributed by atoms with Gasteiger partial charge in [0.25, 0.3) is 0 Å². The van der Waals surface area contributed by atoms with Gasteiger partial charge in [0.05, 0.1) is 13.2 Å². The first-order valence-corrected chi connectivity index (χ1v) is 9.53. The molecule has 0 spiro atoms. The maximum absolute atomic E-state index is 11.4. The van der Waals surface area contributed by atoms with Crippen LogP contribution in [0.15, 0.2) is 30.3 Å². The van der Waals surface area contributed by atoms with Crippen molar-refractivity contribution in [3.05, 3.63) is 35.9 Å². The molecule has 1 N–H and O–H groups in total. The molecule has 1 heterocycles. The molecule has 1 saturated heterocycles. The van der Waals surface area contributed by atoms with Gasteiger partial charge in [-0.3, -0.25) is 9.59 Å². The van der Waals surface area contributed by atoms with Gasteiger partial charge in [-0.15, -0.1) is 11.8 Å². The number of thioether (sulfide) groups is 1. The van der Waals surface area contributed by atoms with Crippen LogP contribution in [0.1, 0.15) is 19.4 Å². The van der Waals surface area contributed by atoms with Crippen LogP contribution in [-0.2, 0) is 35.1 Å². The summed E-state index contributed by atoms with van der Waals surface area (Å²) in [7, 11) is 0. The normalized spacial score (nSPS) is 28.4. The van der Waals surface area contributed by atoms with E-state index in [4.69, 9.17) is 18.9 Å². The minimum absolute atomic E-state index is 0.109. The predicted molar refractivity (Wildman–Crippen MR) is 95.4 cm³/mol. The number of rotatable bonds is 7. The van der Waals surface area contributed by atoms with Gasteiger partial charge in [-0.2, -0.15) is 0 Å². The summed E-state index contributed by atoms with van der Waals surface area (Å²) in [5, 5.41) is 10.6. The Labute approximate surface area is 156 Å². The van der Waals surface area contributed by atoms with Gasteiger partial charge in [-0.05, 0) is 11.8 Å². The number of carbonyl (C=O) groups excluding carboxylic acids is 2. The first-order chi connectivity index (χ1) is 12.4. The molecule has 0 bridgehead atoms. The zero-order chi connectivity index (χ0) is 19.1. The summed E-state index contributed by atoms with van der Waals surface area (Å²) in [5.41, 5.74) is 0.408. The van der Waals surface area contributed by atoms with E-state index in [1.807, 2.05) is 30.3 Å². The van der Waals surface area contributed by atoms with E-state index in [0.717, 1.165) is 5.56 Å². The third kappa shape index (κ3) is 5.70. The van der Waals surface area contributed by atoms with Crippen LogP contribution in [0.3, 0.4) is 0 Å². The minimum Gasteiger partial charge on any atom is -0.456 e. The fourth-order valence-electron chi connectivity index (χ4n) is 2.73. The van der Waals surface area contributed by atoms with E-state index in [-0.39, 0.29) is 6.61 Å². The molecule has 0 radical (unpaired) electrons. The minimum atomic E-state index is -1.18. The van der Waals surface area contributed by atoms with Gasteiger partial charge >= 0.3 is 11.9 Å². The molecule has 1 aliphatic heterocycles. The van der Waals surface area contributed by atoms with Crippen molar-refractivity contribution >= 4 is 23.7 Å². The molecule has 8 heteroatoms. The third-order valence-corrected chi connectivity index (χ3v) is 4.69. The van der Waals surface area contributed by atoms with Gasteiger partial charge in [0.2, 0.25) is 0 Å². The van der Waals surface area contributed by atoms with Crippen molar-refractivity contribution in [2.45, 2.75) is 50.3 Å². The molecule has 0 unspecified atom stereocenters. The number of esters is 2. The summed E-state index contributed by atoms with van der Waals surface area (Å²) >= 11 is 1.30. The summed E-state index contributed by atoms with van der Waals surface area (Å²) in [4.78, 5) is 22.8. The molecule has 26 heavy (non-hydrogen) atoms. The number of aliphatic hydroxyl groups is 1. The van der Waals surface area contributed by atoms with E-state index >= 15 is 0 Å². The molecule has 7 nitrogen and oxygen atoms in total. The highest BCUT2D eigenvalue weighted by atomic mass is 32.2. The third-order valence-electron chi connectivity index (χ3n) is 3.85. The highest BCUT2D eigenvalue weighted by molar-refractivity contribution is 7.99. The molecule has 1 fully saturated rings. The monoisotopic (exact) mass is 384 g/mol. The van der Waals surface area contributed by atoms with E-state index < -0.39 is 41.8 Å². The van der Waals surface area contributed by atoms with Gasteiger partial charge in [0.15, 0.2) is 12.2 Å². The van der Waals surface area contributed by atoms with Crippen molar-refractivity contribution in [1.82, 2.24) is 0 Å². The van der Waals surface area contributed by atoms with E-state index in [1.54, 1.807) is 6.26 Å². The van der Waals surface area contributed by atoms with Gasteiger partial charge in [0.1, 0.15) is 17.6 Å². The van der Waals surface area contributed by atoms with E-state index in [0.29, 0.717) is 6.61 Å². The van der Waals surface area contributed by atoms with Crippen LogP contribution in [0, 0.1) is 0 Å². The van der Waals surface area contributed by atoms with E-state index in [2.05, 4.69) is 0 Å². The topological polar surface area (TPSA) is 91.3 Å². The molecule has 0 saturated carbocycles. The summed E-state index contributed by atoms with van der Waals surface area (Å²) in [6.45, 7) is 2.96. The Hall–Kier alpha value is -1.61. The van der Waals surface area contributed by atoms with Gasteiger partial charge < -0.3 is 24.1 Å². The molecular weight excluding hydrogens is 360 g/mol. The SMILES string of the molecule is CS[C@H]1O[C@H](COCc2ccccc2)[C@@H](O)[C@H](OC(C)=O)[C@H]1OC(C)=O. The summed E-state index contributed by atoms with van der Waals surface area (Å²) in [6, 6.07) is 9.60. The number of ether oxygens (including phenoxy) is 4. The second-order valence-electron chi connectivity index (χ2n) is 5.92. The summed E-state index contributed by atoms with van der Waals surface area (Å²) in [6.07, 6.45) is -2.03. The maximum atomic E-state index is 11.4.